The van der Waals surface area contributed by atoms with Gasteiger partial charge in [-0.3, -0.25) is 0 Å². The van der Waals surface area contributed by atoms with Crippen molar-refractivity contribution < 1.29 is 24.5 Å². The number of halogens is 1. The summed E-state index contributed by atoms with van der Waals surface area (Å²) >= 11 is 6.13. The van der Waals surface area contributed by atoms with Crippen LogP contribution in [0.3, 0.4) is 0 Å². The zero-order chi connectivity index (χ0) is 29.7. The number of hydrogen-bond acceptors (Lipinski definition) is 5. The highest BCUT2D eigenvalue weighted by Crippen LogP contribution is 2.26. The number of benzene rings is 4. The maximum atomic E-state index is 9.10. The first-order chi connectivity index (χ1) is 20.4. The summed E-state index contributed by atoms with van der Waals surface area (Å²) in [7, 11) is 0. The van der Waals surface area contributed by atoms with Gasteiger partial charge in [-0.1, -0.05) is 96.5 Å². The number of ether oxygens (including phenoxy) is 1. The van der Waals surface area contributed by atoms with Gasteiger partial charge in [-0.05, 0) is 52.9 Å². The van der Waals surface area contributed by atoms with Gasteiger partial charge in [0, 0.05) is 18.1 Å². The van der Waals surface area contributed by atoms with Crippen molar-refractivity contribution >= 4 is 29.5 Å². The first-order valence-corrected chi connectivity index (χ1v) is 13.6. The molecule has 0 aliphatic heterocycles. The summed E-state index contributed by atoms with van der Waals surface area (Å²) in [5.74, 6) is -1.95. The molecule has 3 N–H and O–H groups in total. The van der Waals surface area contributed by atoms with E-state index in [4.69, 9.17) is 41.1 Å². The highest BCUT2D eigenvalue weighted by atomic mass is 35.5. The van der Waals surface area contributed by atoms with E-state index >= 15 is 0 Å². The summed E-state index contributed by atoms with van der Waals surface area (Å²) in [6, 6.07) is 36.8. The third-order valence-electron chi connectivity index (χ3n) is 6.24. The Balaban J connectivity index is 0.000000612. The van der Waals surface area contributed by atoms with Crippen LogP contribution in [-0.2, 0) is 35.7 Å². The lowest BCUT2D eigenvalue weighted by molar-refractivity contribution is -0.159. The number of rotatable bonds is 10. The summed E-state index contributed by atoms with van der Waals surface area (Å²) < 4.78 is 8.25. The second kappa shape index (κ2) is 15.1. The Hall–Kier alpha value is -5.08. The maximum absolute atomic E-state index is 9.10. The first-order valence-electron chi connectivity index (χ1n) is 13.2. The van der Waals surface area contributed by atoms with Crippen LogP contribution in [0.15, 0.2) is 115 Å². The molecule has 42 heavy (non-hydrogen) atoms. The number of carboxylic acids is 2. The van der Waals surface area contributed by atoms with Gasteiger partial charge in [0.1, 0.15) is 12.4 Å². The van der Waals surface area contributed by atoms with Crippen molar-refractivity contribution in [3.63, 3.8) is 0 Å². The molecule has 9 heteroatoms. The number of nitrogens with one attached hydrogen (secondary N) is 1. The van der Waals surface area contributed by atoms with Crippen LogP contribution in [0.4, 0.5) is 5.95 Å². The number of aromatic nitrogens is 2. The van der Waals surface area contributed by atoms with Crippen LogP contribution in [0.1, 0.15) is 16.7 Å². The van der Waals surface area contributed by atoms with Crippen LogP contribution in [-0.4, -0.2) is 31.7 Å². The molecule has 0 aliphatic carbocycles. The summed E-state index contributed by atoms with van der Waals surface area (Å²) in [5, 5.41) is 19.0. The number of anilines is 1. The molecule has 0 saturated carbocycles. The molecule has 0 aliphatic rings. The Morgan fingerprint density at radius 2 is 1.40 bits per heavy atom. The van der Waals surface area contributed by atoms with E-state index in [1.807, 2.05) is 66.9 Å². The van der Waals surface area contributed by atoms with Gasteiger partial charge in [0.15, 0.2) is 0 Å². The van der Waals surface area contributed by atoms with Crippen molar-refractivity contribution in [1.82, 2.24) is 9.55 Å². The standard InChI is InChI=1S/C31H28ClN3O.C2H2O4/c32-28-16-14-27(15-17-28)30-22-34-31(35(30)19-18-24-8-3-1-4-9-24)33-21-26-12-7-13-29(20-26)36-23-25-10-5-2-6-11-25;3-1(4)2(5)6/h1-17,20,22H,18-19,21,23H2,(H,33,34);(H,3,4)(H,5,6). The fourth-order valence-electron chi connectivity index (χ4n) is 4.15. The molecule has 0 radical (unpaired) electrons. The maximum Gasteiger partial charge on any atom is 0.414 e. The number of hydrogen-bond donors (Lipinski definition) is 3. The van der Waals surface area contributed by atoms with E-state index < -0.39 is 11.9 Å². The molecule has 5 rings (SSSR count). The summed E-state index contributed by atoms with van der Waals surface area (Å²) in [6.07, 6.45) is 2.84. The smallest absolute Gasteiger partial charge is 0.414 e. The number of carboxylic acid groups (broad SMARTS) is 2. The molecule has 5 aromatic rings. The predicted molar refractivity (Wildman–Crippen MR) is 163 cm³/mol. The molecule has 0 unspecified atom stereocenters. The second-order valence-electron chi connectivity index (χ2n) is 9.25. The molecule has 8 nitrogen and oxygen atoms in total. The van der Waals surface area contributed by atoms with Crippen molar-refractivity contribution in [2.75, 3.05) is 5.32 Å². The van der Waals surface area contributed by atoms with Crippen molar-refractivity contribution in [1.29, 1.82) is 0 Å². The van der Waals surface area contributed by atoms with Crippen molar-refractivity contribution in [2.24, 2.45) is 0 Å². The van der Waals surface area contributed by atoms with Crippen LogP contribution < -0.4 is 10.1 Å². The molecule has 0 saturated heterocycles. The van der Waals surface area contributed by atoms with E-state index in [2.05, 4.69) is 58.4 Å². The van der Waals surface area contributed by atoms with E-state index in [1.54, 1.807) is 0 Å². The molecule has 0 fully saturated rings. The Morgan fingerprint density at radius 1 is 0.786 bits per heavy atom. The minimum atomic E-state index is -1.82. The highest BCUT2D eigenvalue weighted by molar-refractivity contribution is 6.30. The first kappa shape index (κ1) is 29.9. The van der Waals surface area contributed by atoms with Gasteiger partial charge in [-0.2, -0.15) is 0 Å². The van der Waals surface area contributed by atoms with Gasteiger partial charge < -0.3 is 24.8 Å². The van der Waals surface area contributed by atoms with E-state index in [0.29, 0.717) is 13.2 Å². The predicted octanol–water partition coefficient (Wildman–Crippen LogP) is 6.79. The van der Waals surface area contributed by atoms with Crippen LogP contribution in [0.2, 0.25) is 5.02 Å². The number of imidazole rings is 1. The third-order valence-corrected chi connectivity index (χ3v) is 6.49. The van der Waals surface area contributed by atoms with Crippen molar-refractivity contribution in [3.8, 4) is 17.0 Å². The zero-order valence-electron chi connectivity index (χ0n) is 22.7. The minimum Gasteiger partial charge on any atom is -0.489 e. The Labute approximate surface area is 248 Å². The molecule has 0 spiro atoms. The van der Waals surface area contributed by atoms with E-state index in [-0.39, 0.29) is 0 Å². The number of aryl methyl sites for hydroxylation is 1. The fraction of sp³-hybridized carbons (Fsp3) is 0.121. The largest absolute Gasteiger partial charge is 0.489 e. The molecular formula is C33H30ClN3O5. The molecule has 0 amide bonds. The quantitative estimate of drug-likeness (QED) is 0.155. The van der Waals surface area contributed by atoms with Gasteiger partial charge in [0.05, 0.1) is 11.9 Å². The summed E-state index contributed by atoms with van der Waals surface area (Å²) in [5.41, 5.74) is 5.72. The average molecular weight is 584 g/mol. The number of carbonyl (C=O) groups is 2. The lowest BCUT2D eigenvalue weighted by atomic mass is 10.1. The molecule has 1 aromatic heterocycles. The second-order valence-corrected chi connectivity index (χ2v) is 9.68. The minimum absolute atomic E-state index is 0.548. The lowest BCUT2D eigenvalue weighted by Crippen LogP contribution is -2.10. The molecule has 4 aromatic carbocycles. The number of aliphatic carboxylic acids is 2. The SMILES string of the molecule is Clc1ccc(-c2cnc(NCc3cccc(OCc4ccccc4)c3)n2CCc2ccccc2)cc1.O=C(O)C(=O)O. The van der Waals surface area contributed by atoms with Gasteiger partial charge >= 0.3 is 11.9 Å². The topological polar surface area (TPSA) is 114 Å². The molecule has 0 atom stereocenters. The van der Waals surface area contributed by atoms with Crippen LogP contribution in [0.25, 0.3) is 11.3 Å². The third kappa shape index (κ3) is 8.97. The zero-order valence-corrected chi connectivity index (χ0v) is 23.4. The van der Waals surface area contributed by atoms with Gasteiger partial charge in [0.25, 0.3) is 0 Å². The Kier molecular flexibility index (Phi) is 10.7. The van der Waals surface area contributed by atoms with E-state index in [9.17, 15) is 0 Å². The molecule has 0 bridgehead atoms. The fourth-order valence-corrected chi connectivity index (χ4v) is 4.27. The van der Waals surface area contributed by atoms with Crippen molar-refractivity contribution in [2.45, 2.75) is 26.1 Å². The van der Waals surface area contributed by atoms with Gasteiger partial charge in [-0.25, -0.2) is 14.6 Å². The Bertz CT molecular complexity index is 1580. The van der Waals surface area contributed by atoms with Crippen LogP contribution >= 0.6 is 11.6 Å². The lowest BCUT2D eigenvalue weighted by Gasteiger charge is -2.14. The van der Waals surface area contributed by atoms with E-state index in [1.165, 1.54) is 5.56 Å². The summed E-state index contributed by atoms with van der Waals surface area (Å²) in [6.45, 7) is 2.00. The normalized spacial score (nSPS) is 10.3. The van der Waals surface area contributed by atoms with E-state index in [0.717, 1.165) is 52.1 Å². The van der Waals surface area contributed by atoms with Crippen LogP contribution in [0, 0.1) is 0 Å². The number of nitrogens with zero attached hydrogens (tertiary/aromatic N) is 2. The average Bonchev–Trinajstić information content (AvgIpc) is 3.42. The van der Waals surface area contributed by atoms with Crippen molar-refractivity contribution in [3.05, 3.63) is 137 Å². The molecular weight excluding hydrogens is 554 g/mol. The van der Waals surface area contributed by atoms with Gasteiger partial charge in [-0.15, -0.1) is 0 Å². The highest BCUT2D eigenvalue weighted by Gasteiger charge is 2.12. The monoisotopic (exact) mass is 583 g/mol. The molecule has 1 heterocycles. The van der Waals surface area contributed by atoms with Crippen LogP contribution in [0.5, 0.6) is 5.75 Å². The summed E-state index contributed by atoms with van der Waals surface area (Å²) in [4.78, 5) is 22.9. The Morgan fingerprint density at radius 3 is 2.05 bits per heavy atom. The van der Waals surface area contributed by atoms with Gasteiger partial charge in [0.2, 0.25) is 5.95 Å². The molecule has 214 valence electrons.